The highest BCUT2D eigenvalue weighted by Crippen LogP contribution is 2.31. The summed E-state index contributed by atoms with van der Waals surface area (Å²) in [5.41, 5.74) is 5.01. The molecular weight excluding hydrogens is 319 g/mol. The molecule has 1 atom stereocenters. The summed E-state index contributed by atoms with van der Waals surface area (Å²) in [6.07, 6.45) is 12.3. The fraction of sp³-hybridized carbons (Fsp3) is 0.520. The molecule has 0 fully saturated rings. The number of halogens is 1. The predicted octanol–water partition coefficient (Wildman–Crippen LogP) is 8.36. The molecule has 0 aromatic heterocycles. The second-order valence-electron chi connectivity index (χ2n) is 7.64. The van der Waals surface area contributed by atoms with Gasteiger partial charge in [0.15, 0.2) is 0 Å². The molecule has 0 N–H and O–H groups in total. The molecule has 0 saturated carbocycles. The molecule has 1 unspecified atom stereocenters. The molecule has 0 spiro atoms. The molecular formula is C25H37F. The second-order valence-corrected chi connectivity index (χ2v) is 7.64. The quantitative estimate of drug-likeness (QED) is 0.369. The monoisotopic (exact) mass is 356 g/mol. The van der Waals surface area contributed by atoms with Crippen molar-refractivity contribution in [2.24, 2.45) is 11.8 Å². The lowest BCUT2D eigenvalue weighted by molar-refractivity contribution is 0.540. The van der Waals surface area contributed by atoms with Gasteiger partial charge in [0.2, 0.25) is 0 Å². The zero-order chi connectivity index (χ0) is 19.5. The Kier molecular flexibility index (Phi) is 10.2. The summed E-state index contributed by atoms with van der Waals surface area (Å²) < 4.78 is 13.8. The highest BCUT2D eigenvalue weighted by atomic mass is 19.1. The molecule has 1 heteroatoms. The largest absolute Gasteiger partial charge is 0.207 e. The van der Waals surface area contributed by atoms with Crippen molar-refractivity contribution in [2.75, 3.05) is 0 Å². The average Bonchev–Trinajstić information content (AvgIpc) is 2.60. The van der Waals surface area contributed by atoms with Crippen LogP contribution in [0.15, 0.2) is 53.6 Å². The van der Waals surface area contributed by atoms with Crippen molar-refractivity contribution < 1.29 is 4.39 Å². The van der Waals surface area contributed by atoms with E-state index in [2.05, 4.69) is 59.8 Å². The van der Waals surface area contributed by atoms with Gasteiger partial charge in [0.25, 0.3) is 0 Å². The van der Waals surface area contributed by atoms with Crippen molar-refractivity contribution in [3.05, 3.63) is 65.0 Å². The summed E-state index contributed by atoms with van der Waals surface area (Å²) in [5, 5.41) is 0. The predicted molar refractivity (Wildman–Crippen MR) is 115 cm³/mol. The third-order valence-electron chi connectivity index (χ3n) is 4.96. The van der Waals surface area contributed by atoms with Gasteiger partial charge in [0, 0.05) is 0 Å². The van der Waals surface area contributed by atoms with E-state index in [9.17, 15) is 4.39 Å². The molecule has 0 amide bonds. The van der Waals surface area contributed by atoms with Crippen LogP contribution in [0.3, 0.4) is 0 Å². The summed E-state index contributed by atoms with van der Waals surface area (Å²) in [4.78, 5) is 0. The Bertz CT molecular complexity index is 631. The first-order valence-corrected chi connectivity index (χ1v) is 10.2. The first-order chi connectivity index (χ1) is 12.4. The summed E-state index contributed by atoms with van der Waals surface area (Å²) in [5.74, 6) is 1.03. The van der Waals surface area contributed by atoms with Gasteiger partial charge in [-0.05, 0) is 85.8 Å². The molecule has 0 heterocycles. The smallest absolute Gasteiger partial charge is 0.123 e. The van der Waals surface area contributed by atoms with Crippen molar-refractivity contribution in [2.45, 2.75) is 73.6 Å². The van der Waals surface area contributed by atoms with Gasteiger partial charge in [-0.15, -0.1) is 0 Å². The van der Waals surface area contributed by atoms with E-state index < -0.39 is 0 Å². The third-order valence-corrected chi connectivity index (χ3v) is 4.96. The Morgan fingerprint density at radius 3 is 2.42 bits per heavy atom. The normalized spacial score (nSPS) is 14.8. The van der Waals surface area contributed by atoms with Gasteiger partial charge in [-0.2, -0.15) is 0 Å². The average molecular weight is 357 g/mol. The second kappa shape index (κ2) is 11.9. The Morgan fingerprint density at radius 1 is 1.15 bits per heavy atom. The maximum absolute atomic E-state index is 13.8. The zero-order valence-electron chi connectivity index (χ0n) is 17.6. The first kappa shape index (κ1) is 22.4. The maximum atomic E-state index is 13.8. The molecule has 1 aromatic carbocycles. The van der Waals surface area contributed by atoms with Gasteiger partial charge in [-0.25, -0.2) is 4.39 Å². The third kappa shape index (κ3) is 7.32. The minimum Gasteiger partial charge on any atom is -0.207 e. The van der Waals surface area contributed by atoms with E-state index in [1.807, 2.05) is 12.1 Å². The minimum atomic E-state index is -0.158. The molecule has 26 heavy (non-hydrogen) atoms. The van der Waals surface area contributed by atoms with Crippen LogP contribution in [-0.2, 0) is 0 Å². The number of hydrogen-bond donors (Lipinski definition) is 0. The minimum absolute atomic E-state index is 0.158. The summed E-state index contributed by atoms with van der Waals surface area (Å²) >= 11 is 0. The van der Waals surface area contributed by atoms with Gasteiger partial charge in [0.05, 0.1) is 0 Å². The lowest BCUT2D eigenvalue weighted by Gasteiger charge is -2.20. The van der Waals surface area contributed by atoms with Crippen LogP contribution in [0.2, 0.25) is 0 Å². The van der Waals surface area contributed by atoms with Crippen molar-refractivity contribution in [3.63, 3.8) is 0 Å². The van der Waals surface area contributed by atoms with Crippen LogP contribution in [0.5, 0.6) is 0 Å². The number of benzene rings is 1. The fourth-order valence-corrected chi connectivity index (χ4v) is 3.45. The van der Waals surface area contributed by atoms with E-state index in [-0.39, 0.29) is 5.82 Å². The van der Waals surface area contributed by atoms with Crippen LogP contribution in [-0.4, -0.2) is 0 Å². The Labute approximate surface area is 160 Å². The van der Waals surface area contributed by atoms with Gasteiger partial charge in [-0.1, -0.05) is 64.5 Å². The van der Waals surface area contributed by atoms with Crippen LogP contribution in [0.4, 0.5) is 4.39 Å². The molecule has 144 valence electrons. The van der Waals surface area contributed by atoms with Crippen LogP contribution in [0.1, 0.15) is 79.2 Å². The lowest BCUT2D eigenvalue weighted by atomic mass is 9.85. The maximum Gasteiger partial charge on any atom is 0.123 e. The summed E-state index contributed by atoms with van der Waals surface area (Å²) in [7, 11) is 0. The van der Waals surface area contributed by atoms with E-state index in [1.54, 1.807) is 6.07 Å². The van der Waals surface area contributed by atoms with E-state index in [0.717, 1.165) is 24.8 Å². The van der Waals surface area contributed by atoms with E-state index in [0.29, 0.717) is 11.8 Å². The molecule has 1 rings (SSSR count). The molecule has 0 aliphatic heterocycles. The van der Waals surface area contributed by atoms with Crippen LogP contribution < -0.4 is 0 Å². The van der Waals surface area contributed by atoms with Crippen LogP contribution in [0.25, 0.3) is 5.57 Å². The van der Waals surface area contributed by atoms with Crippen molar-refractivity contribution in [1.82, 2.24) is 0 Å². The molecule has 0 aliphatic carbocycles. The van der Waals surface area contributed by atoms with Gasteiger partial charge in [-0.3, -0.25) is 0 Å². The number of hydrogen-bond acceptors (Lipinski definition) is 0. The molecule has 0 saturated heterocycles. The SMILES string of the molecule is C\C=C/C(C)=C(/C=C(\CCC(C)C)c1cccc(F)c1)C(CC)CCC. The first-order valence-electron chi connectivity index (χ1n) is 10.2. The standard InChI is InChI=1S/C25H37F/c1-7-11-20(6)25(21(9-3)12-8-2)18-23(16-15-19(4)5)22-13-10-14-24(26)17-22/h7,10-11,13-14,17-19,21H,8-9,12,15-16H2,1-6H3/b11-7-,23-18+,25-20-. The number of allylic oxidation sites excluding steroid dienone is 6. The van der Waals surface area contributed by atoms with Crippen LogP contribution >= 0.6 is 0 Å². The van der Waals surface area contributed by atoms with Crippen molar-refractivity contribution >= 4 is 5.57 Å². The van der Waals surface area contributed by atoms with Crippen LogP contribution in [0, 0.1) is 17.7 Å². The molecule has 0 aliphatic rings. The van der Waals surface area contributed by atoms with Gasteiger partial charge in [0.1, 0.15) is 5.82 Å². The number of rotatable bonds is 10. The van der Waals surface area contributed by atoms with Gasteiger partial charge < -0.3 is 0 Å². The molecule has 0 bridgehead atoms. The Balaban J connectivity index is 3.44. The highest BCUT2D eigenvalue weighted by molar-refractivity contribution is 5.69. The molecule has 1 aromatic rings. The summed E-state index contributed by atoms with van der Waals surface area (Å²) in [6, 6.07) is 7.06. The van der Waals surface area contributed by atoms with Crippen molar-refractivity contribution in [3.8, 4) is 0 Å². The molecule has 0 radical (unpaired) electrons. The topological polar surface area (TPSA) is 0 Å². The van der Waals surface area contributed by atoms with E-state index >= 15 is 0 Å². The van der Waals surface area contributed by atoms with Crippen molar-refractivity contribution in [1.29, 1.82) is 0 Å². The Morgan fingerprint density at radius 2 is 1.88 bits per heavy atom. The molecule has 0 nitrogen and oxygen atoms in total. The highest BCUT2D eigenvalue weighted by Gasteiger charge is 2.14. The zero-order valence-corrected chi connectivity index (χ0v) is 17.6. The summed E-state index contributed by atoms with van der Waals surface area (Å²) in [6.45, 7) is 13.3. The van der Waals surface area contributed by atoms with Gasteiger partial charge >= 0.3 is 0 Å². The fourth-order valence-electron chi connectivity index (χ4n) is 3.45. The van der Waals surface area contributed by atoms with E-state index in [1.165, 1.54) is 35.6 Å². The lowest BCUT2D eigenvalue weighted by Crippen LogP contribution is -2.04. The Hall–Kier alpha value is -1.63. The van der Waals surface area contributed by atoms with E-state index in [4.69, 9.17) is 0 Å².